The van der Waals surface area contributed by atoms with Gasteiger partial charge in [0.25, 0.3) is 5.91 Å². The van der Waals surface area contributed by atoms with Gasteiger partial charge >= 0.3 is 6.18 Å². The molecule has 1 aromatic carbocycles. The maximum atomic E-state index is 13.0. The molecule has 1 aromatic rings. The monoisotopic (exact) mass is 370 g/mol. The van der Waals surface area contributed by atoms with E-state index in [0.29, 0.717) is 0 Å². The van der Waals surface area contributed by atoms with Crippen molar-refractivity contribution in [1.82, 2.24) is 5.01 Å². The van der Waals surface area contributed by atoms with E-state index in [0.717, 1.165) is 10.0 Å². The summed E-state index contributed by atoms with van der Waals surface area (Å²) in [4.78, 5) is 12.1. The molecule has 0 radical (unpaired) electrons. The Labute approximate surface area is 139 Å². The molecule has 1 aliphatic rings. The molecule has 1 amide bonds. The number of hydrogen-bond donors (Lipinski definition) is 0. The van der Waals surface area contributed by atoms with Crippen molar-refractivity contribution in [2.75, 3.05) is 18.1 Å². The van der Waals surface area contributed by atoms with Crippen LogP contribution in [0.25, 0.3) is 0 Å². The maximum absolute atomic E-state index is 13.0. The van der Waals surface area contributed by atoms with Crippen molar-refractivity contribution in [3.63, 3.8) is 0 Å². The van der Waals surface area contributed by atoms with E-state index >= 15 is 0 Å². The molecule has 9 heteroatoms. The van der Waals surface area contributed by atoms with Crippen molar-refractivity contribution in [3.05, 3.63) is 27.2 Å². The average Bonchev–Trinajstić information content (AvgIpc) is 2.71. The van der Waals surface area contributed by atoms with Crippen molar-refractivity contribution in [1.29, 1.82) is 0 Å². The molecule has 0 aromatic heterocycles. The first-order chi connectivity index (χ1) is 10.2. The summed E-state index contributed by atoms with van der Waals surface area (Å²) < 4.78 is 38.9. The molecule has 3 nitrogen and oxygen atoms in total. The molecule has 22 heavy (non-hydrogen) atoms. The van der Waals surface area contributed by atoms with Crippen LogP contribution in [0.3, 0.4) is 0 Å². The van der Waals surface area contributed by atoms with Crippen LogP contribution in [0, 0.1) is 18.3 Å². The predicted molar refractivity (Wildman–Crippen MR) is 78.9 cm³/mol. The van der Waals surface area contributed by atoms with Crippen LogP contribution in [0.15, 0.2) is 12.1 Å². The van der Waals surface area contributed by atoms with E-state index in [9.17, 15) is 18.0 Å². The molecular weight excluding hydrogens is 364 g/mol. The number of hydrazine groups is 1. The molecule has 0 N–H and O–H groups in total. The normalized spacial score (nSPS) is 19.6. The SMILES string of the molecule is C#CCN1CC(C(F)(F)F)C(=O)N1c1cc(Cl)c(Cl)cc1Cl. The third-order valence-electron chi connectivity index (χ3n) is 3.07. The summed E-state index contributed by atoms with van der Waals surface area (Å²) in [6.45, 7) is -0.766. The van der Waals surface area contributed by atoms with E-state index in [1.54, 1.807) is 0 Å². The fourth-order valence-corrected chi connectivity index (χ4v) is 2.71. The molecular formula is C13H8Cl3F3N2O. The third kappa shape index (κ3) is 3.13. The van der Waals surface area contributed by atoms with Gasteiger partial charge in [-0.05, 0) is 12.1 Å². The predicted octanol–water partition coefficient (Wildman–Crippen LogP) is 4.02. The van der Waals surface area contributed by atoms with Crippen LogP contribution in [0.1, 0.15) is 0 Å². The number of rotatable bonds is 2. The van der Waals surface area contributed by atoms with Crippen LogP contribution in [-0.4, -0.2) is 30.2 Å². The lowest BCUT2D eigenvalue weighted by Gasteiger charge is -2.27. The number of carbonyl (C=O) groups excluding carboxylic acids is 1. The standard InChI is InChI=1S/C13H8Cl3F3N2O/c1-2-3-20-6-7(13(17,18)19)12(22)21(20)11-5-9(15)8(14)4-10(11)16/h1,4-5,7H,3,6H2. The Morgan fingerprint density at radius 1 is 1.23 bits per heavy atom. The minimum Gasteiger partial charge on any atom is -0.272 e. The lowest BCUT2D eigenvalue weighted by atomic mass is 10.1. The quantitative estimate of drug-likeness (QED) is 0.579. The van der Waals surface area contributed by atoms with Crippen LogP contribution >= 0.6 is 34.8 Å². The van der Waals surface area contributed by atoms with Gasteiger partial charge in [0.2, 0.25) is 0 Å². The number of benzene rings is 1. The van der Waals surface area contributed by atoms with Gasteiger partial charge in [-0.3, -0.25) is 4.79 Å². The molecule has 1 fully saturated rings. The molecule has 1 saturated heterocycles. The molecule has 0 saturated carbocycles. The Morgan fingerprint density at radius 3 is 2.36 bits per heavy atom. The molecule has 0 bridgehead atoms. The second kappa shape index (κ2) is 6.17. The number of terminal acetylenes is 1. The van der Waals surface area contributed by atoms with E-state index in [1.807, 2.05) is 0 Å². The fourth-order valence-electron chi connectivity index (χ4n) is 2.09. The van der Waals surface area contributed by atoms with Gasteiger partial charge in [0.15, 0.2) is 0 Å². The number of hydrogen-bond acceptors (Lipinski definition) is 2. The highest BCUT2D eigenvalue weighted by molar-refractivity contribution is 6.44. The van der Waals surface area contributed by atoms with Crippen LogP contribution in [-0.2, 0) is 4.79 Å². The van der Waals surface area contributed by atoms with Crippen molar-refractivity contribution in [2.24, 2.45) is 5.92 Å². The average molecular weight is 372 g/mol. The van der Waals surface area contributed by atoms with Gasteiger partial charge in [0.1, 0.15) is 5.92 Å². The van der Waals surface area contributed by atoms with E-state index in [2.05, 4.69) is 5.92 Å². The van der Waals surface area contributed by atoms with Crippen molar-refractivity contribution >= 4 is 46.4 Å². The zero-order chi connectivity index (χ0) is 16.7. The lowest BCUT2D eigenvalue weighted by Crippen LogP contribution is -2.40. The summed E-state index contributed by atoms with van der Waals surface area (Å²) in [5, 5.41) is 2.07. The van der Waals surface area contributed by atoms with E-state index in [1.165, 1.54) is 12.1 Å². The summed E-state index contributed by atoms with van der Waals surface area (Å²) in [5.41, 5.74) is 0.00284. The number of anilines is 1. The summed E-state index contributed by atoms with van der Waals surface area (Å²) >= 11 is 17.6. The van der Waals surface area contributed by atoms with Crippen molar-refractivity contribution in [3.8, 4) is 12.3 Å². The summed E-state index contributed by atoms with van der Waals surface area (Å²) in [5.74, 6) is -1.13. The number of nitrogens with zero attached hydrogens (tertiary/aromatic N) is 2. The van der Waals surface area contributed by atoms with Crippen molar-refractivity contribution in [2.45, 2.75) is 6.18 Å². The highest BCUT2D eigenvalue weighted by Gasteiger charge is 2.53. The van der Waals surface area contributed by atoms with Crippen LogP contribution in [0.2, 0.25) is 15.1 Å². The molecule has 1 unspecified atom stereocenters. The largest absolute Gasteiger partial charge is 0.401 e. The Morgan fingerprint density at radius 2 is 1.82 bits per heavy atom. The molecule has 1 aliphatic heterocycles. The number of amides is 1. The Hall–Kier alpha value is -1.13. The second-order valence-electron chi connectivity index (χ2n) is 4.51. The number of halogens is 6. The summed E-state index contributed by atoms with van der Waals surface area (Å²) in [7, 11) is 0. The number of carbonyl (C=O) groups is 1. The first-order valence-electron chi connectivity index (χ1n) is 5.90. The van der Waals surface area contributed by atoms with E-state index in [4.69, 9.17) is 41.2 Å². The smallest absolute Gasteiger partial charge is 0.272 e. The van der Waals surface area contributed by atoms with Gasteiger partial charge in [-0.2, -0.15) is 13.2 Å². The Kier molecular flexibility index (Phi) is 4.83. The van der Waals surface area contributed by atoms with Gasteiger partial charge in [-0.15, -0.1) is 6.42 Å². The third-order valence-corrected chi connectivity index (χ3v) is 4.09. The minimum atomic E-state index is -4.68. The first kappa shape index (κ1) is 17.2. The zero-order valence-electron chi connectivity index (χ0n) is 10.8. The van der Waals surface area contributed by atoms with Crippen LogP contribution in [0.4, 0.5) is 18.9 Å². The van der Waals surface area contributed by atoms with Gasteiger partial charge in [-0.1, -0.05) is 40.7 Å². The Balaban J connectivity index is 2.49. The van der Waals surface area contributed by atoms with E-state index in [-0.39, 0.29) is 27.3 Å². The first-order valence-corrected chi connectivity index (χ1v) is 7.03. The van der Waals surface area contributed by atoms with Gasteiger partial charge < -0.3 is 0 Å². The minimum absolute atomic E-state index is 0.00284. The van der Waals surface area contributed by atoms with Gasteiger partial charge in [-0.25, -0.2) is 10.0 Å². The highest BCUT2D eigenvalue weighted by atomic mass is 35.5. The van der Waals surface area contributed by atoms with Gasteiger partial charge in [0, 0.05) is 6.54 Å². The highest BCUT2D eigenvalue weighted by Crippen LogP contribution is 2.40. The topological polar surface area (TPSA) is 23.6 Å². The lowest BCUT2D eigenvalue weighted by molar-refractivity contribution is -0.175. The van der Waals surface area contributed by atoms with Crippen LogP contribution in [0.5, 0.6) is 0 Å². The molecule has 2 rings (SSSR count). The molecule has 0 spiro atoms. The second-order valence-corrected chi connectivity index (χ2v) is 5.73. The molecule has 1 heterocycles. The van der Waals surface area contributed by atoms with Crippen molar-refractivity contribution < 1.29 is 18.0 Å². The summed E-state index contributed by atoms with van der Waals surface area (Å²) in [6.07, 6.45) is 0.470. The zero-order valence-corrected chi connectivity index (χ0v) is 13.1. The molecule has 1 atom stereocenters. The van der Waals surface area contributed by atoms with E-state index < -0.39 is 24.5 Å². The fraction of sp³-hybridized carbons (Fsp3) is 0.308. The van der Waals surface area contributed by atoms with Gasteiger partial charge in [0.05, 0.1) is 27.3 Å². The van der Waals surface area contributed by atoms with Crippen LogP contribution < -0.4 is 5.01 Å². The maximum Gasteiger partial charge on any atom is 0.401 e. The molecule has 118 valence electrons. The summed E-state index contributed by atoms with van der Waals surface area (Å²) in [6, 6.07) is 2.48. The number of alkyl halides is 3. The Bertz CT molecular complexity index is 657. The molecule has 0 aliphatic carbocycles.